The maximum Gasteiger partial charge on any atom is 0.328 e. The number of hydrogen-bond acceptors (Lipinski definition) is 7. The van der Waals surface area contributed by atoms with Gasteiger partial charge >= 0.3 is 5.97 Å². The van der Waals surface area contributed by atoms with Crippen LogP contribution in [0.2, 0.25) is 0 Å². The van der Waals surface area contributed by atoms with E-state index in [1.54, 1.807) is 53.4 Å². The summed E-state index contributed by atoms with van der Waals surface area (Å²) >= 11 is 0. The summed E-state index contributed by atoms with van der Waals surface area (Å²) < 4.78 is 37.8. The van der Waals surface area contributed by atoms with Crippen LogP contribution in [-0.4, -0.2) is 81.8 Å². The molecule has 0 saturated carbocycles. The van der Waals surface area contributed by atoms with Crippen molar-refractivity contribution >= 4 is 27.8 Å². The van der Waals surface area contributed by atoms with Crippen LogP contribution < -0.4 is 10.1 Å². The second-order valence-electron chi connectivity index (χ2n) is 9.77. The van der Waals surface area contributed by atoms with Gasteiger partial charge in [-0.15, -0.1) is 0 Å². The number of nitrogens with one attached hydrogen (secondary N) is 1. The lowest BCUT2D eigenvalue weighted by atomic mass is 9.78. The van der Waals surface area contributed by atoms with Crippen molar-refractivity contribution in [3.63, 3.8) is 0 Å². The molecule has 0 bridgehead atoms. The highest BCUT2D eigenvalue weighted by atomic mass is 32.2. The van der Waals surface area contributed by atoms with Crippen LogP contribution in [0.4, 0.5) is 0 Å². The Labute approximate surface area is 222 Å². The van der Waals surface area contributed by atoms with Crippen molar-refractivity contribution in [3.8, 4) is 5.75 Å². The molecule has 2 aromatic carbocycles. The van der Waals surface area contributed by atoms with Crippen LogP contribution in [0, 0.1) is 5.41 Å². The quantitative estimate of drug-likeness (QED) is 0.506. The highest BCUT2D eigenvalue weighted by molar-refractivity contribution is 7.89. The van der Waals surface area contributed by atoms with E-state index in [4.69, 9.17) is 9.47 Å². The fourth-order valence-electron chi connectivity index (χ4n) is 5.14. The minimum atomic E-state index is -3.65. The van der Waals surface area contributed by atoms with Gasteiger partial charge in [-0.05, 0) is 48.9 Å². The van der Waals surface area contributed by atoms with E-state index < -0.39 is 27.9 Å². The van der Waals surface area contributed by atoms with Crippen LogP contribution in [0.1, 0.15) is 36.0 Å². The molecule has 38 heavy (non-hydrogen) atoms. The molecule has 1 spiro atoms. The molecule has 0 unspecified atom stereocenters. The molecule has 2 amide bonds. The van der Waals surface area contributed by atoms with Gasteiger partial charge in [-0.3, -0.25) is 9.59 Å². The van der Waals surface area contributed by atoms with Crippen molar-refractivity contribution in [2.75, 3.05) is 40.4 Å². The number of methoxy groups -OCH3 is 2. The molecule has 1 N–H and O–H groups in total. The second kappa shape index (κ2) is 11.5. The number of likely N-dealkylation sites (tertiary alicyclic amines) is 1. The third-order valence-corrected chi connectivity index (χ3v) is 9.35. The smallest absolute Gasteiger partial charge is 0.328 e. The van der Waals surface area contributed by atoms with Crippen LogP contribution in [0.25, 0.3) is 0 Å². The van der Waals surface area contributed by atoms with Gasteiger partial charge in [0.25, 0.3) is 5.91 Å². The number of nitrogens with zero attached hydrogens (tertiary/aromatic N) is 2. The predicted octanol–water partition coefficient (Wildman–Crippen LogP) is 2.06. The first-order valence-electron chi connectivity index (χ1n) is 12.5. The average molecular weight is 544 g/mol. The van der Waals surface area contributed by atoms with Crippen molar-refractivity contribution in [2.24, 2.45) is 5.41 Å². The van der Waals surface area contributed by atoms with Gasteiger partial charge in [0.2, 0.25) is 15.9 Å². The molecule has 1 atom stereocenters. The van der Waals surface area contributed by atoms with E-state index in [2.05, 4.69) is 5.32 Å². The molecule has 4 rings (SSSR count). The van der Waals surface area contributed by atoms with Gasteiger partial charge in [-0.2, -0.15) is 4.31 Å². The number of ether oxygens (including phenoxy) is 2. The van der Waals surface area contributed by atoms with E-state index in [9.17, 15) is 22.8 Å². The number of esters is 1. The van der Waals surface area contributed by atoms with E-state index in [-0.39, 0.29) is 22.6 Å². The van der Waals surface area contributed by atoms with Gasteiger partial charge in [0.1, 0.15) is 11.8 Å². The highest BCUT2D eigenvalue weighted by Gasteiger charge is 2.44. The number of carbonyl (C=O) groups excluding carboxylic acids is 3. The fourth-order valence-corrected chi connectivity index (χ4v) is 6.62. The molecule has 204 valence electrons. The van der Waals surface area contributed by atoms with Crippen molar-refractivity contribution < 1.29 is 32.3 Å². The Balaban J connectivity index is 1.36. The maximum absolute atomic E-state index is 13.2. The van der Waals surface area contributed by atoms with Crippen LogP contribution in [0.5, 0.6) is 5.75 Å². The predicted molar refractivity (Wildman–Crippen MR) is 139 cm³/mol. The number of benzene rings is 2. The third-order valence-electron chi connectivity index (χ3n) is 7.46. The Bertz CT molecular complexity index is 1270. The van der Waals surface area contributed by atoms with Crippen molar-refractivity contribution in [2.45, 2.75) is 36.6 Å². The van der Waals surface area contributed by atoms with Gasteiger partial charge in [-0.1, -0.05) is 24.3 Å². The molecule has 0 aromatic heterocycles. The molecular formula is C27H33N3O7S. The Kier molecular flexibility index (Phi) is 8.37. The Morgan fingerprint density at radius 1 is 0.974 bits per heavy atom. The SMILES string of the molecule is COC(=O)[C@H](CC(=O)N1CCC2(CCN(S(=O)(=O)c3cccc(OC)c3)CC2)C1)NC(=O)c1ccccc1. The number of sulfonamides is 1. The largest absolute Gasteiger partial charge is 0.497 e. The van der Waals surface area contributed by atoms with E-state index in [1.807, 2.05) is 0 Å². The number of hydrogen-bond donors (Lipinski definition) is 1. The van der Waals surface area contributed by atoms with Crippen molar-refractivity contribution in [3.05, 3.63) is 60.2 Å². The summed E-state index contributed by atoms with van der Waals surface area (Å²) in [5.74, 6) is -0.921. The standard InChI is InChI=1S/C27H33N3O7S/c1-36-21-9-6-10-22(17-21)38(34,35)30-15-12-27(13-16-30)11-14-29(19-27)24(31)18-23(26(33)37-2)28-25(32)20-7-4-3-5-8-20/h3-10,17,23H,11-16,18-19H2,1-2H3,(H,28,32)/t23-/m0/s1. The van der Waals surface area contributed by atoms with Gasteiger partial charge in [0.05, 0.1) is 25.5 Å². The summed E-state index contributed by atoms with van der Waals surface area (Å²) in [6.07, 6.45) is 1.80. The summed E-state index contributed by atoms with van der Waals surface area (Å²) in [6, 6.07) is 13.8. The molecule has 10 nitrogen and oxygen atoms in total. The van der Waals surface area contributed by atoms with E-state index in [0.29, 0.717) is 50.3 Å². The fraction of sp³-hybridized carbons (Fsp3) is 0.444. The summed E-state index contributed by atoms with van der Waals surface area (Å²) in [4.78, 5) is 39.9. The van der Waals surface area contributed by atoms with Gasteiger partial charge < -0.3 is 19.7 Å². The second-order valence-corrected chi connectivity index (χ2v) is 11.7. The molecule has 2 aromatic rings. The third kappa shape index (κ3) is 5.99. The van der Waals surface area contributed by atoms with E-state index >= 15 is 0 Å². The average Bonchev–Trinajstić information content (AvgIpc) is 3.36. The Morgan fingerprint density at radius 3 is 2.32 bits per heavy atom. The molecule has 2 heterocycles. The Morgan fingerprint density at radius 2 is 1.66 bits per heavy atom. The zero-order valence-corrected chi connectivity index (χ0v) is 22.4. The molecule has 0 aliphatic carbocycles. The number of carbonyl (C=O) groups is 3. The van der Waals surface area contributed by atoms with Gasteiger partial charge in [-0.25, -0.2) is 13.2 Å². The number of rotatable bonds is 8. The van der Waals surface area contributed by atoms with Gasteiger partial charge in [0, 0.05) is 37.8 Å². The number of piperidine rings is 1. The first-order chi connectivity index (χ1) is 18.2. The molecular weight excluding hydrogens is 510 g/mol. The van der Waals surface area contributed by atoms with Crippen LogP contribution in [-0.2, 0) is 24.3 Å². The van der Waals surface area contributed by atoms with Gasteiger partial charge in [0.15, 0.2) is 0 Å². The zero-order chi connectivity index (χ0) is 27.3. The Hall–Kier alpha value is -3.44. The highest BCUT2D eigenvalue weighted by Crippen LogP contribution is 2.41. The molecule has 2 aliphatic heterocycles. The van der Waals surface area contributed by atoms with E-state index in [0.717, 1.165) is 6.42 Å². The first kappa shape index (κ1) is 27.6. The maximum atomic E-state index is 13.2. The minimum absolute atomic E-state index is 0.176. The molecule has 11 heteroatoms. The lowest BCUT2D eigenvalue weighted by molar-refractivity contribution is -0.146. The topological polar surface area (TPSA) is 122 Å². The summed E-state index contributed by atoms with van der Waals surface area (Å²) in [5.41, 5.74) is 0.203. The molecule has 2 saturated heterocycles. The summed E-state index contributed by atoms with van der Waals surface area (Å²) in [6.45, 7) is 1.72. The molecule has 2 fully saturated rings. The van der Waals surface area contributed by atoms with Crippen molar-refractivity contribution in [1.82, 2.24) is 14.5 Å². The monoisotopic (exact) mass is 543 g/mol. The minimum Gasteiger partial charge on any atom is -0.497 e. The lowest BCUT2D eigenvalue weighted by Gasteiger charge is -2.38. The van der Waals surface area contributed by atoms with Crippen molar-refractivity contribution in [1.29, 1.82) is 0 Å². The molecule has 0 radical (unpaired) electrons. The van der Waals surface area contributed by atoms with Crippen LogP contribution >= 0.6 is 0 Å². The van der Waals surface area contributed by atoms with Crippen LogP contribution in [0.15, 0.2) is 59.5 Å². The van der Waals surface area contributed by atoms with E-state index in [1.165, 1.54) is 24.6 Å². The zero-order valence-electron chi connectivity index (χ0n) is 21.6. The summed E-state index contributed by atoms with van der Waals surface area (Å²) in [7, 11) is -0.943. The summed E-state index contributed by atoms with van der Waals surface area (Å²) in [5, 5.41) is 2.61. The first-order valence-corrected chi connectivity index (χ1v) is 14.0. The normalized spacial score (nSPS) is 18.1. The molecule has 2 aliphatic rings. The van der Waals surface area contributed by atoms with Crippen LogP contribution in [0.3, 0.4) is 0 Å². The number of amides is 2. The lowest BCUT2D eigenvalue weighted by Crippen LogP contribution is -2.47.